The van der Waals surface area contributed by atoms with Gasteiger partial charge < -0.3 is 16.0 Å². The average molecular weight is 425 g/mol. The average Bonchev–Trinajstić information content (AvgIpc) is 2.72. The summed E-state index contributed by atoms with van der Waals surface area (Å²) in [6, 6.07) is 13.1. The van der Waals surface area contributed by atoms with Gasteiger partial charge in [-0.3, -0.25) is 4.98 Å². The zero-order chi connectivity index (χ0) is 21.1. The molecule has 0 saturated carbocycles. The van der Waals surface area contributed by atoms with Crippen LogP contribution in [0.2, 0.25) is 5.02 Å². The fourth-order valence-electron chi connectivity index (χ4n) is 3.99. The van der Waals surface area contributed by atoms with Gasteiger partial charge in [0.1, 0.15) is 5.82 Å². The van der Waals surface area contributed by atoms with E-state index in [2.05, 4.69) is 15.2 Å². The fraction of sp³-hybridized carbons (Fsp3) is 0.292. The van der Waals surface area contributed by atoms with Crippen LogP contribution in [0, 0.1) is 12.7 Å². The van der Waals surface area contributed by atoms with E-state index in [-0.39, 0.29) is 11.9 Å². The summed E-state index contributed by atoms with van der Waals surface area (Å²) < 4.78 is 14.2. The van der Waals surface area contributed by atoms with E-state index in [1.54, 1.807) is 6.07 Å². The molecule has 3 N–H and O–H groups in total. The number of aryl methyl sites for hydroxylation is 1. The molecule has 1 saturated heterocycles. The molecular formula is C24H26ClFN4. The largest absolute Gasteiger partial charge is 0.378 e. The van der Waals surface area contributed by atoms with E-state index in [0.717, 1.165) is 59.6 Å². The van der Waals surface area contributed by atoms with E-state index in [0.29, 0.717) is 11.6 Å². The number of anilines is 2. The summed E-state index contributed by atoms with van der Waals surface area (Å²) in [5.41, 5.74) is 11.8. The summed E-state index contributed by atoms with van der Waals surface area (Å²) in [7, 11) is 0. The number of halogens is 2. The Bertz CT molecular complexity index is 1010. The second-order valence-corrected chi connectivity index (χ2v) is 8.34. The number of piperidine rings is 1. The van der Waals surface area contributed by atoms with Gasteiger partial charge in [-0.05, 0) is 60.7 Å². The van der Waals surface area contributed by atoms with Crippen molar-refractivity contribution in [1.82, 2.24) is 4.98 Å². The first kappa shape index (κ1) is 20.6. The topological polar surface area (TPSA) is 54.2 Å². The van der Waals surface area contributed by atoms with E-state index < -0.39 is 0 Å². The van der Waals surface area contributed by atoms with Crippen molar-refractivity contribution in [3.63, 3.8) is 0 Å². The Morgan fingerprint density at radius 1 is 1.17 bits per heavy atom. The first-order valence-corrected chi connectivity index (χ1v) is 10.6. The van der Waals surface area contributed by atoms with E-state index in [1.807, 2.05) is 49.6 Å². The first-order valence-electron chi connectivity index (χ1n) is 10.2. The van der Waals surface area contributed by atoms with Crippen molar-refractivity contribution >= 4 is 23.0 Å². The lowest BCUT2D eigenvalue weighted by Gasteiger charge is -2.35. The maximum atomic E-state index is 14.2. The highest BCUT2D eigenvalue weighted by Crippen LogP contribution is 2.38. The van der Waals surface area contributed by atoms with Crippen LogP contribution in [0.3, 0.4) is 0 Å². The fourth-order valence-corrected chi connectivity index (χ4v) is 4.21. The van der Waals surface area contributed by atoms with Gasteiger partial charge in [0.05, 0.1) is 17.6 Å². The van der Waals surface area contributed by atoms with Gasteiger partial charge >= 0.3 is 0 Å². The summed E-state index contributed by atoms with van der Waals surface area (Å²) in [5.74, 6) is -0.242. The molecule has 4 rings (SSSR count). The van der Waals surface area contributed by atoms with Gasteiger partial charge in [0.25, 0.3) is 0 Å². The molecule has 0 spiro atoms. The van der Waals surface area contributed by atoms with Gasteiger partial charge in [-0.25, -0.2) is 4.39 Å². The molecule has 0 bridgehead atoms. The highest BCUT2D eigenvalue weighted by atomic mass is 35.5. The predicted octanol–water partition coefficient (Wildman–Crippen LogP) is 5.39. The van der Waals surface area contributed by atoms with Crippen molar-refractivity contribution < 1.29 is 4.39 Å². The van der Waals surface area contributed by atoms with Crippen LogP contribution in [-0.4, -0.2) is 24.1 Å². The third-order valence-corrected chi connectivity index (χ3v) is 5.73. The standard InChI is InChI=1S/C24H26ClFN4/c1-16-9-18(12-20(26)10-16)22-14-28-15-23(24(22)30-7-5-21(27)6-8-30)29-13-17-3-2-4-19(25)11-17/h2-4,9-12,14-15,21,29H,5-8,13,27H2,1H3. The molecule has 4 nitrogen and oxygen atoms in total. The maximum Gasteiger partial charge on any atom is 0.124 e. The molecular weight excluding hydrogens is 399 g/mol. The summed E-state index contributed by atoms with van der Waals surface area (Å²) in [6.45, 7) is 4.24. The number of nitrogens with zero attached hydrogens (tertiary/aromatic N) is 2. The van der Waals surface area contributed by atoms with Crippen LogP contribution in [-0.2, 0) is 6.54 Å². The zero-order valence-electron chi connectivity index (χ0n) is 17.0. The molecule has 2 aromatic carbocycles. The number of pyridine rings is 1. The van der Waals surface area contributed by atoms with Crippen LogP contribution >= 0.6 is 11.6 Å². The number of hydrogen-bond donors (Lipinski definition) is 2. The minimum Gasteiger partial charge on any atom is -0.378 e. The number of aromatic nitrogens is 1. The van der Waals surface area contributed by atoms with Gasteiger partial charge in [0.2, 0.25) is 0 Å². The Kier molecular flexibility index (Phi) is 6.21. The smallest absolute Gasteiger partial charge is 0.124 e. The summed E-state index contributed by atoms with van der Waals surface area (Å²) >= 11 is 6.13. The Labute approximate surface area is 181 Å². The molecule has 3 aromatic rings. The summed E-state index contributed by atoms with van der Waals surface area (Å²) in [4.78, 5) is 6.79. The lowest BCUT2D eigenvalue weighted by molar-refractivity contribution is 0.501. The lowest BCUT2D eigenvalue weighted by atomic mass is 9.99. The Morgan fingerprint density at radius 3 is 2.70 bits per heavy atom. The second kappa shape index (κ2) is 9.02. The molecule has 2 heterocycles. The number of benzene rings is 2. The van der Waals surface area contributed by atoms with Crippen LogP contribution < -0.4 is 16.0 Å². The number of nitrogens with two attached hydrogens (primary N) is 1. The summed E-state index contributed by atoms with van der Waals surface area (Å²) in [5, 5.41) is 4.23. The van der Waals surface area contributed by atoms with E-state index in [1.165, 1.54) is 6.07 Å². The Morgan fingerprint density at radius 2 is 1.97 bits per heavy atom. The monoisotopic (exact) mass is 424 g/mol. The maximum absolute atomic E-state index is 14.2. The molecule has 0 radical (unpaired) electrons. The minimum atomic E-state index is -0.242. The normalized spacial score (nSPS) is 14.7. The molecule has 1 aliphatic rings. The molecule has 1 aromatic heterocycles. The highest BCUT2D eigenvalue weighted by molar-refractivity contribution is 6.30. The molecule has 6 heteroatoms. The highest BCUT2D eigenvalue weighted by Gasteiger charge is 2.23. The van der Waals surface area contributed by atoms with Gasteiger partial charge in [-0.1, -0.05) is 29.8 Å². The molecule has 0 unspecified atom stereocenters. The molecule has 156 valence electrons. The van der Waals surface area contributed by atoms with Crippen LogP contribution in [0.5, 0.6) is 0 Å². The molecule has 1 aliphatic heterocycles. The van der Waals surface area contributed by atoms with Crippen molar-refractivity contribution in [2.45, 2.75) is 32.4 Å². The lowest BCUT2D eigenvalue weighted by Crippen LogP contribution is -2.40. The van der Waals surface area contributed by atoms with E-state index in [9.17, 15) is 4.39 Å². The van der Waals surface area contributed by atoms with E-state index >= 15 is 0 Å². The molecule has 1 fully saturated rings. The quantitative estimate of drug-likeness (QED) is 0.576. The number of rotatable bonds is 5. The van der Waals surface area contributed by atoms with Gasteiger partial charge in [-0.15, -0.1) is 0 Å². The predicted molar refractivity (Wildman–Crippen MR) is 123 cm³/mol. The van der Waals surface area contributed by atoms with Gasteiger partial charge in [-0.2, -0.15) is 0 Å². The van der Waals surface area contributed by atoms with Crippen LogP contribution in [0.15, 0.2) is 54.9 Å². The van der Waals surface area contributed by atoms with Crippen LogP contribution in [0.4, 0.5) is 15.8 Å². The van der Waals surface area contributed by atoms with Crippen molar-refractivity contribution in [3.05, 3.63) is 76.8 Å². The second-order valence-electron chi connectivity index (χ2n) is 7.91. The van der Waals surface area contributed by atoms with Gasteiger partial charge in [0.15, 0.2) is 0 Å². The Balaban J connectivity index is 1.73. The van der Waals surface area contributed by atoms with Crippen LogP contribution in [0.1, 0.15) is 24.0 Å². The summed E-state index contributed by atoms with van der Waals surface area (Å²) in [6.07, 6.45) is 5.52. The van der Waals surface area contributed by atoms with E-state index in [4.69, 9.17) is 17.3 Å². The molecule has 30 heavy (non-hydrogen) atoms. The van der Waals surface area contributed by atoms with Crippen molar-refractivity contribution in [3.8, 4) is 11.1 Å². The van der Waals surface area contributed by atoms with Crippen LogP contribution in [0.25, 0.3) is 11.1 Å². The third kappa shape index (κ3) is 4.74. The molecule has 0 atom stereocenters. The molecule has 0 aliphatic carbocycles. The van der Waals surface area contributed by atoms with Gasteiger partial charge in [0, 0.05) is 42.5 Å². The molecule has 0 amide bonds. The third-order valence-electron chi connectivity index (χ3n) is 5.50. The number of hydrogen-bond acceptors (Lipinski definition) is 4. The SMILES string of the molecule is Cc1cc(F)cc(-c2cncc(NCc3cccc(Cl)c3)c2N2CCC(N)CC2)c1. The van der Waals surface area contributed by atoms with Crippen molar-refractivity contribution in [1.29, 1.82) is 0 Å². The van der Waals surface area contributed by atoms with Crippen molar-refractivity contribution in [2.75, 3.05) is 23.3 Å². The zero-order valence-corrected chi connectivity index (χ0v) is 17.8. The Hall–Kier alpha value is -2.63. The van der Waals surface area contributed by atoms with Crippen molar-refractivity contribution in [2.24, 2.45) is 5.73 Å². The number of nitrogens with one attached hydrogen (secondary N) is 1. The minimum absolute atomic E-state index is 0.228. The first-order chi connectivity index (χ1) is 14.5.